The van der Waals surface area contributed by atoms with Crippen molar-refractivity contribution in [2.75, 3.05) is 5.75 Å². The molecule has 0 unspecified atom stereocenters. The molecular weight excluding hydrogens is 168 g/mol. The highest BCUT2D eigenvalue weighted by molar-refractivity contribution is 7.98. The van der Waals surface area contributed by atoms with Gasteiger partial charge in [0.1, 0.15) is 6.04 Å². The molecule has 0 saturated heterocycles. The van der Waals surface area contributed by atoms with Crippen LogP contribution in [0.4, 0.5) is 0 Å². The molecule has 64 valence electrons. The molecule has 0 radical (unpaired) electrons. The van der Waals surface area contributed by atoms with Crippen LogP contribution in [-0.4, -0.2) is 28.8 Å². The first kappa shape index (κ1) is 10.2. The summed E-state index contributed by atoms with van der Waals surface area (Å²) in [4.78, 5) is 20.4. The molecule has 0 aromatic heterocycles. The van der Waals surface area contributed by atoms with Crippen molar-refractivity contribution in [2.45, 2.75) is 13.0 Å². The van der Waals surface area contributed by atoms with Crippen LogP contribution >= 0.6 is 11.9 Å². The second-order valence-electron chi connectivity index (χ2n) is 1.91. The van der Waals surface area contributed by atoms with Crippen molar-refractivity contribution in [3.8, 4) is 0 Å². The standard InChI is InChI=1S/C5H10N2O3S/c1-3(8)7-11-2-4(6)5(9)10/h4H,2,6H2,1H3,(H,7,8)(H,9,10)/t4-/m0/s1. The number of nitrogens with one attached hydrogen (secondary N) is 1. The van der Waals surface area contributed by atoms with Crippen LogP contribution in [0.25, 0.3) is 0 Å². The maximum absolute atomic E-state index is 10.3. The summed E-state index contributed by atoms with van der Waals surface area (Å²) in [7, 11) is 0. The highest BCUT2D eigenvalue weighted by atomic mass is 32.2. The Morgan fingerprint density at radius 3 is 2.64 bits per heavy atom. The molecule has 0 aromatic rings. The van der Waals surface area contributed by atoms with Crippen molar-refractivity contribution in [2.24, 2.45) is 5.73 Å². The van der Waals surface area contributed by atoms with Gasteiger partial charge in [-0.2, -0.15) is 0 Å². The van der Waals surface area contributed by atoms with Crippen LogP contribution in [0, 0.1) is 0 Å². The minimum absolute atomic E-state index is 0.176. The maximum atomic E-state index is 10.3. The summed E-state index contributed by atoms with van der Waals surface area (Å²) in [5.74, 6) is -1.11. The third-order valence-corrected chi connectivity index (χ3v) is 1.75. The lowest BCUT2D eigenvalue weighted by molar-refractivity contribution is -0.138. The van der Waals surface area contributed by atoms with Gasteiger partial charge in [-0.3, -0.25) is 9.59 Å². The summed E-state index contributed by atoms with van der Waals surface area (Å²) in [6, 6.07) is -0.924. The topological polar surface area (TPSA) is 92.4 Å². The normalized spacial score (nSPS) is 12.2. The van der Waals surface area contributed by atoms with Crippen molar-refractivity contribution >= 4 is 23.8 Å². The Hall–Kier alpha value is -0.750. The molecule has 0 fully saturated rings. The van der Waals surface area contributed by atoms with E-state index in [1.54, 1.807) is 0 Å². The first-order valence-corrected chi connectivity index (χ1v) is 3.89. The SMILES string of the molecule is CC(=O)NSC[C@H](N)C(=O)O. The Bertz CT molecular complexity index is 162. The van der Waals surface area contributed by atoms with Crippen LogP contribution in [0.5, 0.6) is 0 Å². The van der Waals surface area contributed by atoms with E-state index < -0.39 is 12.0 Å². The quantitative estimate of drug-likeness (QED) is 0.489. The van der Waals surface area contributed by atoms with E-state index >= 15 is 0 Å². The highest BCUT2D eigenvalue weighted by Crippen LogP contribution is 1.95. The Balaban J connectivity index is 3.39. The number of aliphatic carboxylic acids is 1. The van der Waals surface area contributed by atoms with Gasteiger partial charge in [0.05, 0.1) is 0 Å². The molecule has 0 aliphatic rings. The predicted octanol–water partition coefficient (Wildman–Crippen LogP) is -0.817. The van der Waals surface area contributed by atoms with Crippen LogP contribution in [0.2, 0.25) is 0 Å². The molecule has 4 N–H and O–H groups in total. The van der Waals surface area contributed by atoms with Gasteiger partial charge < -0.3 is 15.6 Å². The molecule has 0 aromatic carbocycles. The number of carboxylic acid groups (broad SMARTS) is 1. The summed E-state index contributed by atoms with van der Waals surface area (Å²) < 4.78 is 2.37. The fraction of sp³-hybridized carbons (Fsp3) is 0.600. The van der Waals surface area contributed by atoms with Crippen LogP contribution < -0.4 is 10.5 Å². The first-order chi connectivity index (χ1) is 5.04. The number of amides is 1. The number of rotatable bonds is 4. The first-order valence-electron chi connectivity index (χ1n) is 2.90. The third kappa shape index (κ3) is 5.68. The van der Waals surface area contributed by atoms with Gasteiger partial charge in [0, 0.05) is 12.7 Å². The fourth-order valence-electron chi connectivity index (χ4n) is 0.304. The van der Waals surface area contributed by atoms with Gasteiger partial charge in [-0.05, 0) is 11.9 Å². The molecule has 0 aliphatic carbocycles. The van der Waals surface area contributed by atoms with Gasteiger partial charge >= 0.3 is 5.97 Å². The van der Waals surface area contributed by atoms with Crippen molar-refractivity contribution < 1.29 is 14.7 Å². The molecule has 6 heteroatoms. The Kier molecular flexibility index (Phi) is 4.64. The molecule has 0 rings (SSSR count). The number of carboxylic acids is 1. The second-order valence-corrected chi connectivity index (χ2v) is 2.74. The molecule has 0 aliphatic heterocycles. The summed E-state index contributed by atoms with van der Waals surface area (Å²) in [5.41, 5.74) is 5.13. The molecule has 1 atom stereocenters. The predicted molar refractivity (Wildman–Crippen MR) is 41.9 cm³/mol. The number of carbonyl (C=O) groups excluding carboxylic acids is 1. The molecule has 5 nitrogen and oxygen atoms in total. The van der Waals surface area contributed by atoms with E-state index in [4.69, 9.17) is 10.8 Å². The van der Waals surface area contributed by atoms with E-state index in [9.17, 15) is 9.59 Å². The van der Waals surface area contributed by atoms with E-state index in [0.717, 1.165) is 11.9 Å². The van der Waals surface area contributed by atoms with Gasteiger partial charge in [0.2, 0.25) is 5.91 Å². The smallest absolute Gasteiger partial charge is 0.321 e. The van der Waals surface area contributed by atoms with Crippen LogP contribution in [0.1, 0.15) is 6.92 Å². The maximum Gasteiger partial charge on any atom is 0.321 e. The number of nitrogens with two attached hydrogens (primary N) is 1. The van der Waals surface area contributed by atoms with Gasteiger partial charge in [-0.15, -0.1) is 0 Å². The molecular formula is C5H10N2O3S. The average Bonchev–Trinajstić information content (AvgIpc) is 1.86. The van der Waals surface area contributed by atoms with Gasteiger partial charge in [0.15, 0.2) is 0 Å². The molecule has 0 bridgehead atoms. The summed E-state index contributed by atoms with van der Waals surface area (Å²) in [5, 5.41) is 8.30. The lowest BCUT2D eigenvalue weighted by Gasteiger charge is -2.04. The number of carbonyl (C=O) groups is 2. The summed E-state index contributed by atoms with van der Waals surface area (Å²) >= 11 is 0.992. The van der Waals surface area contributed by atoms with E-state index in [0.29, 0.717) is 0 Å². The number of hydrogen-bond acceptors (Lipinski definition) is 4. The zero-order valence-corrected chi connectivity index (χ0v) is 6.85. The van der Waals surface area contributed by atoms with E-state index in [-0.39, 0.29) is 11.7 Å². The molecule has 1 amide bonds. The van der Waals surface area contributed by atoms with Crippen molar-refractivity contribution in [1.82, 2.24) is 4.72 Å². The van der Waals surface area contributed by atoms with Crippen molar-refractivity contribution in [3.05, 3.63) is 0 Å². The van der Waals surface area contributed by atoms with Crippen LogP contribution in [0.15, 0.2) is 0 Å². The highest BCUT2D eigenvalue weighted by Gasteiger charge is 2.10. The van der Waals surface area contributed by atoms with Crippen LogP contribution in [0.3, 0.4) is 0 Å². The summed E-state index contributed by atoms with van der Waals surface area (Å²) in [6.45, 7) is 1.35. The van der Waals surface area contributed by atoms with Crippen molar-refractivity contribution in [1.29, 1.82) is 0 Å². The second kappa shape index (κ2) is 4.97. The minimum Gasteiger partial charge on any atom is -0.480 e. The molecule has 0 saturated carbocycles. The van der Waals surface area contributed by atoms with Gasteiger partial charge in [-0.25, -0.2) is 0 Å². The van der Waals surface area contributed by atoms with E-state index in [1.165, 1.54) is 6.92 Å². The summed E-state index contributed by atoms with van der Waals surface area (Å²) in [6.07, 6.45) is 0. The minimum atomic E-state index is -1.07. The Labute approximate surface area is 68.5 Å². The largest absolute Gasteiger partial charge is 0.480 e. The Morgan fingerprint density at radius 1 is 1.73 bits per heavy atom. The van der Waals surface area contributed by atoms with Gasteiger partial charge in [0.25, 0.3) is 0 Å². The van der Waals surface area contributed by atoms with Crippen molar-refractivity contribution in [3.63, 3.8) is 0 Å². The van der Waals surface area contributed by atoms with Crippen LogP contribution in [-0.2, 0) is 9.59 Å². The molecule has 0 spiro atoms. The van der Waals surface area contributed by atoms with Gasteiger partial charge in [-0.1, -0.05) is 0 Å². The zero-order valence-electron chi connectivity index (χ0n) is 6.03. The molecule has 0 heterocycles. The fourth-order valence-corrected chi connectivity index (χ4v) is 0.913. The zero-order chi connectivity index (χ0) is 8.85. The molecule has 11 heavy (non-hydrogen) atoms. The monoisotopic (exact) mass is 178 g/mol. The van der Waals surface area contributed by atoms with E-state index in [1.807, 2.05) is 0 Å². The number of hydrogen-bond donors (Lipinski definition) is 3. The third-order valence-electron chi connectivity index (χ3n) is 0.796. The average molecular weight is 178 g/mol. The van der Waals surface area contributed by atoms with E-state index in [2.05, 4.69) is 4.72 Å². The Morgan fingerprint density at radius 2 is 2.27 bits per heavy atom. The lowest BCUT2D eigenvalue weighted by atomic mass is 10.4. The lowest BCUT2D eigenvalue weighted by Crippen LogP contribution is -2.33.